The first-order chi connectivity index (χ1) is 11.4. The van der Waals surface area contributed by atoms with Gasteiger partial charge in [-0.1, -0.05) is 20.8 Å². The molecule has 25 heavy (non-hydrogen) atoms. The Morgan fingerprint density at radius 3 is 2.48 bits per heavy atom. The predicted octanol–water partition coefficient (Wildman–Crippen LogP) is 2.85. The first-order valence-corrected chi connectivity index (χ1v) is 8.55. The SMILES string of the molecule is CC(C)(C)Nc1ncc(N)c(NC2CCN(C(=O)O)C2C(C)(C)C)n1. The van der Waals surface area contributed by atoms with Crippen LogP contribution in [-0.2, 0) is 0 Å². The van der Waals surface area contributed by atoms with Crippen molar-refractivity contribution < 1.29 is 9.90 Å². The van der Waals surface area contributed by atoms with Gasteiger partial charge in [-0.15, -0.1) is 0 Å². The van der Waals surface area contributed by atoms with Gasteiger partial charge in [0.05, 0.1) is 24.0 Å². The molecule has 2 unspecified atom stereocenters. The molecule has 1 aromatic rings. The average Bonchev–Trinajstić information content (AvgIpc) is 2.85. The summed E-state index contributed by atoms with van der Waals surface area (Å²) in [5, 5.41) is 16.1. The number of hydrogen-bond donors (Lipinski definition) is 4. The van der Waals surface area contributed by atoms with Gasteiger partial charge in [0.15, 0.2) is 5.82 Å². The van der Waals surface area contributed by atoms with E-state index in [-0.39, 0.29) is 23.0 Å². The highest BCUT2D eigenvalue weighted by molar-refractivity contribution is 5.67. The van der Waals surface area contributed by atoms with Crippen LogP contribution in [-0.4, -0.2) is 50.2 Å². The largest absolute Gasteiger partial charge is 0.465 e. The third-order valence-corrected chi connectivity index (χ3v) is 4.16. The molecule has 0 bridgehead atoms. The number of amides is 1. The molecule has 1 aliphatic heterocycles. The number of likely N-dealkylation sites (tertiary alicyclic amines) is 1. The van der Waals surface area contributed by atoms with Crippen LogP contribution in [0.1, 0.15) is 48.0 Å². The average molecular weight is 350 g/mol. The summed E-state index contributed by atoms with van der Waals surface area (Å²) in [4.78, 5) is 21.8. The molecule has 8 nitrogen and oxygen atoms in total. The Hall–Kier alpha value is -2.25. The van der Waals surface area contributed by atoms with E-state index in [9.17, 15) is 9.90 Å². The van der Waals surface area contributed by atoms with E-state index < -0.39 is 6.09 Å². The van der Waals surface area contributed by atoms with Crippen LogP contribution in [0.25, 0.3) is 0 Å². The summed E-state index contributed by atoms with van der Waals surface area (Å²) >= 11 is 0. The third-order valence-electron chi connectivity index (χ3n) is 4.16. The summed E-state index contributed by atoms with van der Waals surface area (Å²) < 4.78 is 0. The summed E-state index contributed by atoms with van der Waals surface area (Å²) in [6.07, 6.45) is 1.38. The maximum absolute atomic E-state index is 11.6. The Bertz CT molecular complexity index is 635. The van der Waals surface area contributed by atoms with E-state index in [1.807, 2.05) is 41.5 Å². The summed E-state index contributed by atoms with van der Waals surface area (Å²) in [6, 6.07) is -0.228. The molecule has 140 valence electrons. The Morgan fingerprint density at radius 1 is 1.32 bits per heavy atom. The number of rotatable bonds is 3. The van der Waals surface area contributed by atoms with Gasteiger partial charge in [0, 0.05) is 12.1 Å². The van der Waals surface area contributed by atoms with E-state index in [0.717, 1.165) is 0 Å². The van der Waals surface area contributed by atoms with Gasteiger partial charge in [0.2, 0.25) is 5.95 Å². The van der Waals surface area contributed by atoms with Crippen molar-refractivity contribution in [3.05, 3.63) is 6.20 Å². The van der Waals surface area contributed by atoms with Gasteiger partial charge < -0.3 is 26.4 Å². The van der Waals surface area contributed by atoms with Crippen LogP contribution in [0.5, 0.6) is 0 Å². The van der Waals surface area contributed by atoms with Crippen molar-refractivity contribution in [1.29, 1.82) is 0 Å². The number of carboxylic acid groups (broad SMARTS) is 1. The van der Waals surface area contributed by atoms with Crippen molar-refractivity contribution in [3.8, 4) is 0 Å². The zero-order chi connectivity index (χ0) is 19.0. The van der Waals surface area contributed by atoms with Gasteiger partial charge in [-0.2, -0.15) is 4.98 Å². The van der Waals surface area contributed by atoms with Crippen molar-refractivity contribution in [2.24, 2.45) is 5.41 Å². The Balaban J connectivity index is 2.26. The molecule has 1 saturated heterocycles. The quantitative estimate of drug-likeness (QED) is 0.662. The summed E-state index contributed by atoms with van der Waals surface area (Å²) in [6.45, 7) is 12.7. The number of nitrogen functional groups attached to an aromatic ring is 1. The van der Waals surface area contributed by atoms with Gasteiger partial charge in [-0.25, -0.2) is 9.78 Å². The second kappa shape index (κ2) is 6.57. The molecular weight excluding hydrogens is 320 g/mol. The third kappa shape index (κ3) is 4.64. The van der Waals surface area contributed by atoms with E-state index in [0.29, 0.717) is 30.4 Å². The van der Waals surface area contributed by atoms with Crippen molar-refractivity contribution in [2.45, 2.75) is 65.6 Å². The fourth-order valence-electron chi connectivity index (χ4n) is 3.31. The molecule has 1 aliphatic rings. The number of carbonyl (C=O) groups is 1. The number of nitrogens with two attached hydrogens (primary N) is 1. The zero-order valence-corrected chi connectivity index (χ0v) is 15.9. The highest BCUT2D eigenvalue weighted by atomic mass is 16.4. The maximum Gasteiger partial charge on any atom is 0.407 e. The molecule has 8 heteroatoms. The number of hydrogen-bond acceptors (Lipinski definition) is 6. The molecule has 5 N–H and O–H groups in total. The van der Waals surface area contributed by atoms with Crippen LogP contribution in [0.15, 0.2) is 6.20 Å². The van der Waals surface area contributed by atoms with Crippen LogP contribution in [0.4, 0.5) is 22.2 Å². The number of nitrogens with one attached hydrogen (secondary N) is 2. The van der Waals surface area contributed by atoms with Crippen molar-refractivity contribution >= 4 is 23.5 Å². The molecule has 2 rings (SSSR count). The molecular formula is C17H30N6O2. The summed E-state index contributed by atoms with van der Waals surface area (Å²) in [5.74, 6) is 1.03. The van der Waals surface area contributed by atoms with Gasteiger partial charge >= 0.3 is 6.09 Å². The first kappa shape index (κ1) is 19.1. The van der Waals surface area contributed by atoms with Crippen molar-refractivity contribution in [3.63, 3.8) is 0 Å². The van der Waals surface area contributed by atoms with Gasteiger partial charge in [-0.3, -0.25) is 0 Å². The highest BCUT2D eigenvalue weighted by Crippen LogP contribution is 2.35. The fourth-order valence-corrected chi connectivity index (χ4v) is 3.31. The maximum atomic E-state index is 11.6. The van der Waals surface area contributed by atoms with Crippen LogP contribution in [0.2, 0.25) is 0 Å². The lowest BCUT2D eigenvalue weighted by Crippen LogP contribution is -2.49. The Labute approximate surface area is 149 Å². The topological polar surface area (TPSA) is 116 Å². The predicted molar refractivity (Wildman–Crippen MR) is 99.8 cm³/mol. The smallest absolute Gasteiger partial charge is 0.407 e. The minimum absolute atomic E-state index is 0.0595. The minimum atomic E-state index is -0.894. The lowest BCUT2D eigenvalue weighted by molar-refractivity contribution is 0.103. The monoisotopic (exact) mass is 350 g/mol. The molecule has 0 aromatic carbocycles. The molecule has 0 saturated carbocycles. The van der Waals surface area contributed by atoms with Crippen LogP contribution in [0, 0.1) is 5.41 Å². The second-order valence-electron chi connectivity index (χ2n) is 8.70. The summed E-state index contributed by atoms with van der Waals surface area (Å²) in [7, 11) is 0. The Kier molecular flexibility index (Phi) is 5.02. The van der Waals surface area contributed by atoms with Crippen LogP contribution >= 0.6 is 0 Å². The van der Waals surface area contributed by atoms with Gasteiger partial charge in [0.25, 0.3) is 0 Å². The van der Waals surface area contributed by atoms with E-state index in [4.69, 9.17) is 5.73 Å². The van der Waals surface area contributed by atoms with E-state index in [1.54, 1.807) is 6.20 Å². The molecule has 0 aliphatic carbocycles. The zero-order valence-electron chi connectivity index (χ0n) is 15.9. The lowest BCUT2D eigenvalue weighted by Gasteiger charge is -2.37. The summed E-state index contributed by atoms with van der Waals surface area (Å²) in [5.41, 5.74) is 6.10. The first-order valence-electron chi connectivity index (χ1n) is 8.55. The van der Waals surface area contributed by atoms with E-state index >= 15 is 0 Å². The standard InChI is InChI=1S/C17H30N6O2/c1-16(2,3)12-11(7-8-23(12)15(24)25)20-13-10(18)9-19-14(21-13)22-17(4,5)6/h9,11-12H,7-8,18H2,1-6H3,(H,24,25)(H2,19,20,21,22). The molecule has 2 atom stereocenters. The van der Waals surface area contributed by atoms with Crippen molar-refractivity contribution in [1.82, 2.24) is 14.9 Å². The molecule has 0 radical (unpaired) electrons. The fraction of sp³-hybridized carbons (Fsp3) is 0.706. The Morgan fingerprint density at radius 2 is 1.96 bits per heavy atom. The second-order valence-corrected chi connectivity index (χ2v) is 8.70. The molecule has 2 heterocycles. The van der Waals surface area contributed by atoms with Gasteiger partial charge in [0.1, 0.15) is 0 Å². The normalized spacial score (nSPS) is 21.3. The number of nitrogens with zero attached hydrogens (tertiary/aromatic N) is 3. The van der Waals surface area contributed by atoms with E-state index in [2.05, 4.69) is 20.6 Å². The molecule has 1 fully saturated rings. The number of anilines is 3. The lowest BCUT2D eigenvalue weighted by atomic mass is 9.82. The van der Waals surface area contributed by atoms with Crippen LogP contribution in [0.3, 0.4) is 0 Å². The highest BCUT2D eigenvalue weighted by Gasteiger charge is 2.44. The van der Waals surface area contributed by atoms with Crippen molar-refractivity contribution in [2.75, 3.05) is 22.9 Å². The molecule has 1 aromatic heterocycles. The minimum Gasteiger partial charge on any atom is -0.465 e. The molecule has 1 amide bonds. The molecule has 0 spiro atoms. The number of aromatic nitrogens is 2. The van der Waals surface area contributed by atoms with Gasteiger partial charge in [-0.05, 0) is 32.6 Å². The van der Waals surface area contributed by atoms with Crippen LogP contribution < -0.4 is 16.4 Å². The van der Waals surface area contributed by atoms with E-state index in [1.165, 1.54) is 4.90 Å².